The molecule has 0 fully saturated rings. The van der Waals surface area contributed by atoms with Crippen LogP contribution in [0.3, 0.4) is 0 Å². The van der Waals surface area contributed by atoms with Crippen molar-refractivity contribution >= 4 is 33.4 Å². The predicted molar refractivity (Wildman–Crippen MR) is 97.8 cm³/mol. The van der Waals surface area contributed by atoms with Gasteiger partial charge in [0.1, 0.15) is 17.7 Å². The maximum atomic E-state index is 14.2. The van der Waals surface area contributed by atoms with E-state index in [1.54, 1.807) is 31.2 Å². The molecule has 0 saturated carbocycles. The molecule has 0 radical (unpaired) electrons. The van der Waals surface area contributed by atoms with Crippen LogP contribution in [0, 0.1) is 18.6 Å². The van der Waals surface area contributed by atoms with Crippen molar-refractivity contribution in [3.05, 3.63) is 64.0 Å². The van der Waals surface area contributed by atoms with Crippen LogP contribution in [0.4, 0.5) is 8.78 Å². The molecule has 5 nitrogen and oxygen atoms in total. The van der Waals surface area contributed by atoms with Crippen molar-refractivity contribution < 1.29 is 23.5 Å². The molecule has 1 heterocycles. The highest BCUT2D eigenvalue weighted by Crippen LogP contribution is 2.26. The van der Waals surface area contributed by atoms with Crippen LogP contribution in [0.2, 0.25) is 0 Å². The molecule has 1 amide bonds. The molecule has 3 aromatic rings. The van der Waals surface area contributed by atoms with Crippen molar-refractivity contribution in [3.8, 4) is 0 Å². The molecule has 0 spiro atoms. The second kappa shape index (κ2) is 7.40. The summed E-state index contributed by atoms with van der Waals surface area (Å²) < 4.78 is 29.2. The molecule has 140 valence electrons. The Morgan fingerprint density at radius 2 is 1.89 bits per heavy atom. The van der Waals surface area contributed by atoms with Crippen molar-refractivity contribution in [2.24, 2.45) is 4.99 Å². The predicted octanol–water partition coefficient (Wildman–Crippen LogP) is 4.07. The van der Waals surface area contributed by atoms with Crippen LogP contribution >= 0.6 is 11.3 Å². The minimum Gasteiger partial charge on any atom is -0.480 e. The van der Waals surface area contributed by atoms with E-state index in [1.165, 1.54) is 4.57 Å². The molecule has 8 heteroatoms. The summed E-state index contributed by atoms with van der Waals surface area (Å²) in [4.78, 5) is 28.2. The van der Waals surface area contributed by atoms with E-state index in [-0.39, 0.29) is 21.4 Å². The number of carboxylic acids is 1. The number of thiazole rings is 1. The number of amides is 1. The number of rotatable bonds is 4. The van der Waals surface area contributed by atoms with Crippen molar-refractivity contribution in [2.45, 2.75) is 26.3 Å². The van der Waals surface area contributed by atoms with Gasteiger partial charge in [-0.1, -0.05) is 36.0 Å². The first-order chi connectivity index (χ1) is 12.8. The summed E-state index contributed by atoms with van der Waals surface area (Å²) >= 11 is 0.817. The molecule has 27 heavy (non-hydrogen) atoms. The standard InChI is InChI=1S/C19H16F2N2O3S/c1-3-14(18(25)26)23-15-9-12(20)8-13(21)16(15)27-19(23)22-17(24)11-6-4-10(2)5-7-11/h4-9,14H,3H2,1-2H3,(H,25,26). The van der Waals surface area contributed by atoms with E-state index in [1.807, 2.05) is 6.92 Å². The summed E-state index contributed by atoms with van der Waals surface area (Å²) in [5.74, 6) is -3.42. The maximum absolute atomic E-state index is 14.2. The first-order valence-electron chi connectivity index (χ1n) is 8.20. The van der Waals surface area contributed by atoms with Crippen LogP contribution in [0.15, 0.2) is 41.4 Å². The Hall–Kier alpha value is -2.87. The topological polar surface area (TPSA) is 71.7 Å². The lowest BCUT2D eigenvalue weighted by Crippen LogP contribution is -2.27. The number of aromatic nitrogens is 1. The zero-order valence-corrected chi connectivity index (χ0v) is 15.4. The number of hydrogen-bond acceptors (Lipinski definition) is 3. The average molecular weight is 390 g/mol. The van der Waals surface area contributed by atoms with E-state index in [0.29, 0.717) is 5.56 Å². The summed E-state index contributed by atoms with van der Waals surface area (Å²) in [5, 5.41) is 9.52. The minimum absolute atomic E-state index is 0.00863. The van der Waals surface area contributed by atoms with Crippen molar-refractivity contribution in [2.75, 3.05) is 0 Å². The number of carbonyl (C=O) groups excluding carboxylic acids is 1. The molecule has 0 aliphatic rings. The van der Waals surface area contributed by atoms with Crippen molar-refractivity contribution in [3.63, 3.8) is 0 Å². The lowest BCUT2D eigenvalue weighted by atomic mass is 10.1. The van der Waals surface area contributed by atoms with E-state index in [9.17, 15) is 23.5 Å². The Bertz CT molecular complexity index is 1100. The highest BCUT2D eigenvalue weighted by molar-refractivity contribution is 7.16. The molecular formula is C19H16F2N2O3S. The second-order valence-corrected chi connectivity index (χ2v) is 7.01. The van der Waals surface area contributed by atoms with Crippen LogP contribution < -0.4 is 4.80 Å². The molecule has 0 bridgehead atoms. The van der Waals surface area contributed by atoms with Gasteiger partial charge >= 0.3 is 5.97 Å². The number of hydrogen-bond donors (Lipinski definition) is 1. The number of nitrogens with zero attached hydrogens (tertiary/aromatic N) is 2. The summed E-state index contributed by atoms with van der Waals surface area (Å²) in [6.07, 6.45) is 0.158. The number of benzene rings is 2. The number of aryl methyl sites for hydroxylation is 1. The normalized spacial score (nSPS) is 13.1. The molecule has 1 atom stereocenters. The van der Waals surface area contributed by atoms with E-state index in [0.717, 1.165) is 29.0 Å². The van der Waals surface area contributed by atoms with Crippen LogP contribution in [-0.4, -0.2) is 21.6 Å². The molecule has 1 aromatic heterocycles. The number of aliphatic carboxylic acids is 1. The molecule has 2 aromatic carbocycles. The Kier molecular flexibility index (Phi) is 5.18. The number of carbonyl (C=O) groups is 2. The molecule has 0 saturated heterocycles. The third kappa shape index (κ3) is 3.66. The van der Waals surface area contributed by atoms with Gasteiger partial charge in [-0.3, -0.25) is 4.79 Å². The Balaban J connectivity index is 2.28. The fourth-order valence-corrected chi connectivity index (χ4v) is 3.82. The van der Waals surface area contributed by atoms with Gasteiger partial charge in [-0.25, -0.2) is 13.6 Å². The number of fused-ring (bicyclic) bond motifs is 1. The Morgan fingerprint density at radius 3 is 2.48 bits per heavy atom. The van der Waals surface area contributed by atoms with Gasteiger partial charge in [0.05, 0.1) is 10.2 Å². The summed E-state index contributed by atoms with van der Waals surface area (Å²) in [6.45, 7) is 3.51. The Labute approximate surface area is 157 Å². The van der Waals surface area contributed by atoms with Gasteiger partial charge in [0, 0.05) is 11.6 Å². The highest BCUT2D eigenvalue weighted by Gasteiger charge is 2.24. The summed E-state index contributed by atoms with van der Waals surface area (Å²) in [5.41, 5.74) is 1.35. The first kappa shape index (κ1) is 18.9. The monoisotopic (exact) mass is 390 g/mol. The fourth-order valence-electron chi connectivity index (χ4n) is 2.76. The van der Waals surface area contributed by atoms with Crippen molar-refractivity contribution in [1.29, 1.82) is 0 Å². The van der Waals surface area contributed by atoms with Crippen LogP contribution in [0.1, 0.15) is 35.3 Å². The van der Waals surface area contributed by atoms with Crippen LogP contribution in [-0.2, 0) is 4.79 Å². The molecule has 1 unspecified atom stereocenters. The first-order valence-corrected chi connectivity index (χ1v) is 9.02. The van der Waals surface area contributed by atoms with Gasteiger partial charge in [0.25, 0.3) is 5.91 Å². The third-order valence-electron chi connectivity index (χ3n) is 4.13. The van der Waals surface area contributed by atoms with Gasteiger partial charge in [-0.15, -0.1) is 0 Å². The van der Waals surface area contributed by atoms with Crippen LogP contribution in [0.5, 0.6) is 0 Å². The van der Waals surface area contributed by atoms with Crippen LogP contribution in [0.25, 0.3) is 10.2 Å². The van der Waals surface area contributed by atoms with Gasteiger partial charge in [-0.2, -0.15) is 4.99 Å². The molecule has 0 aliphatic heterocycles. The lowest BCUT2D eigenvalue weighted by Gasteiger charge is -2.13. The second-order valence-electron chi connectivity index (χ2n) is 6.04. The van der Waals surface area contributed by atoms with E-state index >= 15 is 0 Å². The number of carboxylic acid groups (broad SMARTS) is 1. The van der Waals surface area contributed by atoms with E-state index in [4.69, 9.17) is 0 Å². The molecular weight excluding hydrogens is 374 g/mol. The minimum atomic E-state index is -1.17. The lowest BCUT2D eigenvalue weighted by molar-refractivity contribution is -0.140. The van der Waals surface area contributed by atoms with Gasteiger partial charge in [-0.05, 0) is 31.5 Å². The summed E-state index contributed by atoms with van der Waals surface area (Å²) in [6, 6.07) is 7.38. The fraction of sp³-hybridized carbons (Fsp3) is 0.211. The maximum Gasteiger partial charge on any atom is 0.326 e. The highest BCUT2D eigenvalue weighted by atomic mass is 32.1. The van der Waals surface area contributed by atoms with Gasteiger partial charge in [0.15, 0.2) is 4.80 Å². The zero-order chi connectivity index (χ0) is 19.7. The molecule has 0 aliphatic carbocycles. The zero-order valence-electron chi connectivity index (χ0n) is 14.6. The number of halogens is 2. The average Bonchev–Trinajstić information content (AvgIpc) is 2.94. The summed E-state index contributed by atoms with van der Waals surface area (Å²) in [7, 11) is 0. The van der Waals surface area contributed by atoms with Gasteiger partial charge < -0.3 is 9.67 Å². The van der Waals surface area contributed by atoms with E-state index < -0.39 is 29.6 Å². The SMILES string of the molecule is CCC(C(=O)O)n1c(=NC(=O)c2ccc(C)cc2)sc2c(F)cc(F)cc21. The Morgan fingerprint density at radius 1 is 1.22 bits per heavy atom. The molecule has 1 N–H and O–H groups in total. The largest absolute Gasteiger partial charge is 0.480 e. The van der Waals surface area contributed by atoms with Crippen molar-refractivity contribution in [1.82, 2.24) is 4.57 Å². The van der Waals surface area contributed by atoms with E-state index in [2.05, 4.69) is 4.99 Å². The van der Waals surface area contributed by atoms with Gasteiger partial charge in [0.2, 0.25) is 0 Å². The quantitative estimate of drug-likeness (QED) is 0.730. The molecule has 3 rings (SSSR count). The third-order valence-corrected chi connectivity index (χ3v) is 5.21. The smallest absolute Gasteiger partial charge is 0.326 e.